The molecular weight excluding hydrogens is 225 g/mol. The van der Waals surface area contributed by atoms with E-state index in [9.17, 15) is 22.0 Å². The van der Waals surface area contributed by atoms with E-state index >= 15 is 0 Å². The van der Waals surface area contributed by atoms with E-state index in [0.717, 1.165) is 0 Å². The fourth-order valence-corrected chi connectivity index (χ4v) is 0.994. The smallest absolute Gasteiger partial charge is 0.390 e. The maximum atomic E-state index is 12.3. The van der Waals surface area contributed by atoms with Gasteiger partial charge in [0.25, 0.3) is 6.43 Å². The van der Waals surface area contributed by atoms with E-state index in [2.05, 4.69) is 10.3 Å². The van der Waals surface area contributed by atoms with E-state index in [1.54, 1.807) is 0 Å². The molecule has 0 unspecified atom stereocenters. The normalized spacial score (nSPS) is 12.5. The number of halogens is 5. The molecule has 1 aromatic heterocycles. The molecule has 1 aromatic rings. The van der Waals surface area contributed by atoms with Crippen LogP contribution in [-0.4, -0.2) is 26.3 Å². The number of aliphatic hydroxyl groups excluding tert-OH is 1. The van der Waals surface area contributed by atoms with E-state index in [-0.39, 0.29) is 4.68 Å². The number of nitrogens with zero attached hydrogens (tertiary/aromatic N) is 3. The summed E-state index contributed by atoms with van der Waals surface area (Å²) in [4.78, 5) is 0. The van der Waals surface area contributed by atoms with Crippen molar-refractivity contribution >= 4 is 0 Å². The molecule has 1 rings (SSSR count). The third-order valence-corrected chi connectivity index (χ3v) is 1.53. The molecule has 0 spiro atoms. The first-order valence-electron chi connectivity index (χ1n) is 3.73. The van der Waals surface area contributed by atoms with Crippen molar-refractivity contribution in [3.05, 3.63) is 11.4 Å². The van der Waals surface area contributed by atoms with Gasteiger partial charge < -0.3 is 5.11 Å². The summed E-state index contributed by atoms with van der Waals surface area (Å²) in [6, 6.07) is 0. The zero-order chi connectivity index (χ0) is 11.6. The fraction of sp³-hybridized carbons (Fsp3) is 0.667. The first-order chi connectivity index (χ1) is 6.85. The Bertz CT molecular complexity index is 334. The number of rotatable bonds is 3. The first-order valence-corrected chi connectivity index (χ1v) is 3.73. The number of alkyl halides is 5. The Labute approximate surface area is 80.3 Å². The van der Waals surface area contributed by atoms with Gasteiger partial charge in [0, 0.05) is 0 Å². The summed E-state index contributed by atoms with van der Waals surface area (Å²) in [6.45, 7) is -2.53. The Balaban J connectivity index is 3.03. The van der Waals surface area contributed by atoms with Gasteiger partial charge in [0.2, 0.25) is 0 Å². The topological polar surface area (TPSA) is 50.9 Å². The minimum Gasteiger partial charge on any atom is -0.390 e. The maximum absolute atomic E-state index is 12.3. The monoisotopic (exact) mass is 231 g/mol. The Kier molecular flexibility index (Phi) is 3.22. The van der Waals surface area contributed by atoms with E-state index < -0.39 is 37.1 Å². The molecule has 0 radical (unpaired) electrons. The zero-order valence-corrected chi connectivity index (χ0v) is 7.17. The fourth-order valence-electron chi connectivity index (χ4n) is 0.994. The van der Waals surface area contributed by atoms with Crippen molar-refractivity contribution in [1.82, 2.24) is 15.0 Å². The molecule has 1 N–H and O–H groups in total. The number of aromatic nitrogens is 3. The van der Waals surface area contributed by atoms with E-state index in [1.165, 1.54) is 0 Å². The minimum atomic E-state index is -4.66. The van der Waals surface area contributed by atoms with Gasteiger partial charge in [0.05, 0.1) is 6.61 Å². The number of aliphatic hydroxyl groups is 1. The molecule has 0 aliphatic rings. The van der Waals surface area contributed by atoms with Crippen LogP contribution in [0.15, 0.2) is 0 Å². The van der Waals surface area contributed by atoms with Gasteiger partial charge in [-0.2, -0.15) is 13.2 Å². The highest BCUT2D eigenvalue weighted by atomic mass is 19.4. The lowest BCUT2D eigenvalue weighted by atomic mass is 10.3. The molecule has 0 atom stereocenters. The number of hydrogen-bond acceptors (Lipinski definition) is 3. The van der Waals surface area contributed by atoms with Crippen molar-refractivity contribution < 1.29 is 27.1 Å². The van der Waals surface area contributed by atoms with Gasteiger partial charge in [0.1, 0.15) is 17.9 Å². The molecule has 9 heteroatoms. The Morgan fingerprint density at radius 2 is 1.93 bits per heavy atom. The minimum absolute atomic E-state index is 0.0379. The lowest BCUT2D eigenvalue weighted by molar-refractivity contribution is -0.144. The standard InChI is InChI=1S/C6H6F5N3O/c7-5(8)4-3(1-15)12-13-14(4)2-6(9,10)11/h5,15H,1-2H2. The summed E-state index contributed by atoms with van der Waals surface area (Å²) in [5.74, 6) is 0. The second kappa shape index (κ2) is 4.09. The summed E-state index contributed by atoms with van der Waals surface area (Å²) in [6.07, 6.45) is -7.83. The molecular formula is C6H6F5N3O. The Morgan fingerprint density at radius 3 is 2.33 bits per heavy atom. The van der Waals surface area contributed by atoms with E-state index in [0.29, 0.717) is 0 Å². The molecule has 0 aliphatic heterocycles. The van der Waals surface area contributed by atoms with Crippen molar-refractivity contribution in [2.24, 2.45) is 0 Å². The van der Waals surface area contributed by atoms with Crippen LogP contribution in [-0.2, 0) is 13.2 Å². The highest BCUT2D eigenvalue weighted by molar-refractivity contribution is 5.10. The predicted octanol–water partition coefficient (Wildman–Crippen LogP) is 1.27. The summed E-state index contributed by atoms with van der Waals surface area (Å²) < 4.78 is 60.4. The number of hydrogen-bond donors (Lipinski definition) is 1. The third kappa shape index (κ3) is 2.85. The van der Waals surface area contributed by atoms with Gasteiger partial charge in [0.15, 0.2) is 0 Å². The van der Waals surface area contributed by atoms with Crippen LogP contribution in [0.25, 0.3) is 0 Å². The van der Waals surface area contributed by atoms with Gasteiger partial charge in [-0.1, -0.05) is 5.21 Å². The summed E-state index contributed by atoms with van der Waals surface area (Å²) in [5, 5.41) is 14.5. The highest BCUT2D eigenvalue weighted by Crippen LogP contribution is 2.25. The van der Waals surface area contributed by atoms with Crippen LogP contribution in [0.1, 0.15) is 17.8 Å². The molecule has 1 heterocycles. The van der Waals surface area contributed by atoms with Gasteiger partial charge >= 0.3 is 6.18 Å². The van der Waals surface area contributed by atoms with Crippen molar-refractivity contribution in [3.63, 3.8) is 0 Å². The maximum Gasteiger partial charge on any atom is 0.408 e. The molecule has 4 nitrogen and oxygen atoms in total. The summed E-state index contributed by atoms with van der Waals surface area (Å²) >= 11 is 0. The van der Waals surface area contributed by atoms with Gasteiger partial charge in [-0.3, -0.25) is 0 Å². The van der Waals surface area contributed by atoms with Crippen LogP contribution < -0.4 is 0 Å². The van der Waals surface area contributed by atoms with E-state index in [4.69, 9.17) is 5.11 Å². The van der Waals surface area contributed by atoms with Crippen LogP contribution in [0.3, 0.4) is 0 Å². The first kappa shape index (κ1) is 11.8. The Morgan fingerprint density at radius 1 is 1.33 bits per heavy atom. The molecule has 0 saturated heterocycles. The van der Waals surface area contributed by atoms with Crippen LogP contribution in [0.5, 0.6) is 0 Å². The second-order valence-electron chi connectivity index (χ2n) is 2.65. The molecule has 86 valence electrons. The molecule has 0 aromatic carbocycles. The molecule has 15 heavy (non-hydrogen) atoms. The zero-order valence-electron chi connectivity index (χ0n) is 7.17. The summed E-state index contributed by atoms with van der Waals surface area (Å²) in [5.41, 5.74) is -1.55. The SMILES string of the molecule is OCc1nnn(CC(F)(F)F)c1C(F)F. The quantitative estimate of drug-likeness (QED) is 0.797. The molecule has 0 bridgehead atoms. The van der Waals surface area contributed by atoms with Crippen LogP contribution >= 0.6 is 0 Å². The molecule has 0 aliphatic carbocycles. The lowest BCUT2D eigenvalue weighted by Gasteiger charge is -2.08. The van der Waals surface area contributed by atoms with Crippen molar-refractivity contribution in [2.45, 2.75) is 25.8 Å². The second-order valence-corrected chi connectivity index (χ2v) is 2.65. The predicted molar refractivity (Wildman–Crippen MR) is 37.0 cm³/mol. The third-order valence-electron chi connectivity index (χ3n) is 1.53. The van der Waals surface area contributed by atoms with Gasteiger partial charge in [-0.05, 0) is 0 Å². The molecule has 0 saturated carbocycles. The average molecular weight is 231 g/mol. The summed E-state index contributed by atoms with van der Waals surface area (Å²) in [7, 11) is 0. The highest BCUT2D eigenvalue weighted by Gasteiger charge is 2.32. The van der Waals surface area contributed by atoms with Gasteiger partial charge in [-0.15, -0.1) is 5.10 Å². The van der Waals surface area contributed by atoms with Crippen molar-refractivity contribution in [1.29, 1.82) is 0 Å². The van der Waals surface area contributed by atoms with Crippen molar-refractivity contribution in [2.75, 3.05) is 0 Å². The lowest BCUT2D eigenvalue weighted by Crippen LogP contribution is -2.20. The van der Waals surface area contributed by atoms with Crippen LogP contribution in [0, 0.1) is 0 Å². The van der Waals surface area contributed by atoms with Crippen LogP contribution in [0.2, 0.25) is 0 Å². The van der Waals surface area contributed by atoms with Crippen molar-refractivity contribution in [3.8, 4) is 0 Å². The van der Waals surface area contributed by atoms with Crippen LogP contribution in [0.4, 0.5) is 22.0 Å². The average Bonchev–Trinajstić information content (AvgIpc) is 2.44. The van der Waals surface area contributed by atoms with Gasteiger partial charge in [-0.25, -0.2) is 13.5 Å². The Hall–Kier alpha value is -1.25. The van der Waals surface area contributed by atoms with E-state index in [1.807, 2.05) is 0 Å². The largest absolute Gasteiger partial charge is 0.408 e. The molecule has 0 fully saturated rings. The molecule has 0 amide bonds.